The molecule has 3 aromatic rings. The Hall–Kier alpha value is -3.67. The van der Waals surface area contributed by atoms with Gasteiger partial charge in [-0.15, -0.1) is 0 Å². The minimum Gasteiger partial charge on any atom is -0.491 e. The van der Waals surface area contributed by atoms with Gasteiger partial charge < -0.3 is 15.6 Å². The molecule has 11 heteroatoms. The van der Waals surface area contributed by atoms with Gasteiger partial charge in [0.1, 0.15) is 17.3 Å². The van der Waals surface area contributed by atoms with Crippen LogP contribution in [0.3, 0.4) is 0 Å². The molecule has 4 rings (SSSR count). The van der Waals surface area contributed by atoms with Crippen molar-refractivity contribution < 1.29 is 23.1 Å². The number of nitrogens with zero attached hydrogens (tertiary/aromatic N) is 3. The van der Waals surface area contributed by atoms with E-state index in [1.807, 2.05) is 39.0 Å². The highest BCUT2D eigenvalue weighted by Gasteiger charge is 2.31. The number of ether oxygens (including phenoxy) is 1. The standard InChI is InChI=1S/C25H29N5O5S.C2H6/c1-16-7-8-17(20(13-24(31)32)18-12-21(26)25(28-14-18)29(2)27)11-19(16)15-30-9-10-35-22-5-3-4-6-23(22)36(30,33)34;1-2/h3-8,11-12,14,20H,9-10,13,15,26-27H2,1-2H3,(H,31,32);1-2H3. The number of fused-ring (bicyclic) bond motifs is 1. The monoisotopic (exact) mass is 541 g/mol. The number of pyridine rings is 1. The Morgan fingerprint density at radius 3 is 2.55 bits per heavy atom. The number of carboxylic acid groups (broad SMARTS) is 1. The van der Waals surface area contributed by atoms with Gasteiger partial charge >= 0.3 is 5.97 Å². The van der Waals surface area contributed by atoms with Gasteiger partial charge in [0.25, 0.3) is 0 Å². The fourth-order valence-corrected chi connectivity index (χ4v) is 5.85. The Morgan fingerprint density at radius 1 is 1.18 bits per heavy atom. The first-order valence-electron chi connectivity index (χ1n) is 12.3. The quantitative estimate of drug-likeness (QED) is 0.301. The van der Waals surface area contributed by atoms with Gasteiger partial charge in [0.05, 0.1) is 12.1 Å². The van der Waals surface area contributed by atoms with Crippen LogP contribution < -0.4 is 21.3 Å². The average Bonchev–Trinajstić information content (AvgIpc) is 3.00. The first-order valence-corrected chi connectivity index (χ1v) is 13.8. The number of nitrogens with two attached hydrogens (primary N) is 2. The summed E-state index contributed by atoms with van der Waals surface area (Å²) < 4.78 is 33.8. The molecule has 0 saturated heterocycles. The Morgan fingerprint density at radius 2 is 1.89 bits per heavy atom. The largest absolute Gasteiger partial charge is 0.491 e. The normalized spacial score (nSPS) is 15.2. The van der Waals surface area contributed by atoms with Crippen molar-refractivity contribution in [3.05, 3.63) is 77.0 Å². The molecule has 10 nitrogen and oxygen atoms in total. The first kappa shape index (κ1) is 28.9. The zero-order chi connectivity index (χ0) is 28.0. The minimum absolute atomic E-state index is 0.122. The second kappa shape index (κ2) is 12.2. The molecule has 0 saturated carbocycles. The van der Waals surface area contributed by atoms with Crippen molar-refractivity contribution in [1.82, 2.24) is 9.29 Å². The second-order valence-corrected chi connectivity index (χ2v) is 10.7. The van der Waals surface area contributed by atoms with Gasteiger partial charge in [0.2, 0.25) is 10.0 Å². The topological polar surface area (TPSA) is 152 Å². The predicted molar refractivity (Wildman–Crippen MR) is 147 cm³/mol. The number of carbonyl (C=O) groups is 1. The van der Waals surface area contributed by atoms with Crippen LogP contribution in [-0.4, -0.2) is 49.0 Å². The van der Waals surface area contributed by atoms with Crippen molar-refractivity contribution in [1.29, 1.82) is 0 Å². The summed E-state index contributed by atoms with van der Waals surface area (Å²) in [6, 6.07) is 13.8. The number of benzene rings is 2. The molecular weight excluding hydrogens is 506 g/mol. The molecule has 0 fully saturated rings. The number of aromatic nitrogens is 1. The van der Waals surface area contributed by atoms with E-state index in [1.165, 1.54) is 15.4 Å². The van der Waals surface area contributed by atoms with E-state index in [0.29, 0.717) is 22.8 Å². The van der Waals surface area contributed by atoms with Gasteiger partial charge in [-0.1, -0.05) is 44.2 Å². The average molecular weight is 542 g/mol. The van der Waals surface area contributed by atoms with Gasteiger partial charge in [0.15, 0.2) is 5.82 Å². The van der Waals surface area contributed by atoms with Crippen LogP contribution in [-0.2, 0) is 21.4 Å². The van der Waals surface area contributed by atoms with Crippen LogP contribution in [0.1, 0.15) is 48.4 Å². The molecular formula is C27H35N5O5S. The van der Waals surface area contributed by atoms with Crippen molar-refractivity contribution >= 4 is 27.5 Å². The summed E-state index contributed by atoms with van der Waals surface area (Å²) in [5.74, 6) is 4.95. The summed E-state index contributed by atoms with van der Waals surface area (Å²) in [5.41, 5.74) is 9.44. The van der Waals surface area contributed by atoms with E-state index in [-0.39, 0.29) is 31.0 Å². The third kappa shape index (κ3) is 6.24. The maximum Gasteiger partial charge on any atom is 0.304 e. The SMILES string of the molecule is CC.Cc1ccc(C(CC(=O)O)c2cnc(N(C)N)c(N)c2)cc1CN1CCOc2ccccc2S1(=O)=O. The number of nitrogen functional groups attached to an aromatic ring is 1. The lowest BCUT2D eigenvalue weighted by atomic mass is 9.87. The Kier molecular flexibility index (Phi) is 9.31. The molecule has 1 atom stereocenters. The van der Waals surface area contributed by atoms with Crippen LogP contribution in [0.25, 0.3) is 0 Å². The third-order valence-electron chi connectivity index (χ3n) is 6.22. The molecule has 2 heterocycles. The smallest absolute Gasteiger partial charge is 0.304 e. The fourth-order valence-electron chi connectivity index (χ4n) is 4.31. The Bertz CT molecular complexity index is 1390. The van der Waals surface area contributed by atoms with E-state index in [1.54, 1.807) is 37.5 Å². The molecule has 0 amide bonds. The number of carboxylic acids is 1. The summed E-state index contributed by atoms with van der Waals surface area (Å²) in [6.07, 6.45) is 1.38. The molecule has 2 aromatic carbocycles. The lowest BCUT2D eigenvalue weighted by Crippen LogP contribution is -2.32. The zero-order valence-corrected chi connectivity index (χ0v) is 22.9. The fraction of sp³-hybridized carbons (Fsp3) is 0.333. The van der Waals surface area contributed by atoms with Gasteiger partial charge in [-0.05, 0) is 47.4 Å². The van der Waals surface area contributed by atoms with E-state index in [4.69, 9.17) is 16.3 Å². The Labute approximate surface area is 223 Å². The summed E-state index contributed by atoms with van der Waals surface area (Å²) in [6.45, 7) is 6.43. The number of rotatable bonds is 7. The van der Waals surface area contributed by atoms with Crippen molar-refractivity contribution in [2.45, 2.75) is 44.6 Å². The molecule has 1 aromatic heterocycles. The number of para-hydroxylation sites is 1. The highest BCUT2D eigenvalue weighted by atomic mass is 32.2. The molecule has 0 radical (unpaired) electrons. The number of aryl methyl sites for hydroxylation is 1. The van der Waals surface area contributed by atoms with Crippen LogP contribution in [0.5, 0.6) is 5.75 Å². The predicted octanol–water partition coefficient (Wildman–Crippen LogP) is 3.50. The first-order chi connectivity index (χ1) is 18.1. The molecule has 1 unspecified atom stereocenters. The molecule has 0 aliphatic carbocycles. The van der Waals surface area contributed by atoms with Crippen LogP contribution >= 0.6 is 0 Å². The number of sulfonamides is 1. The highest BCUT2D eigenvalue weighted by molar-refractivity contribution is 7.89. The minimum atomic E-state index is -3.79. The molecule has 1 aliphatic rings. The molecule has 0 bridgehead atoms. The molecule has 204 valence electrons. The summed E-state index contributed by atoms with van der Waals surface area (Å²) in [5, 5.41) is 10.9. The van der Waals surface area contributed by atoms with Crippen LogP contribution in [0.15, 0.2) is 59.6 Å². The summed E-state index contributed by atoms with van der Waals surface area (Å²) in [4.78, 5) is 16.2. The number of hydrazine groups is 1. The summed E-state index contributed by atoms with van der Waals surface area (Å²) >= 11 is 0. The number of anilines is 2. The van der Waals surface area contributed by atoms with Crippen molar-refractivity contribution in [3.8, 4) is 5.75 Å². The lowest BCUT2D eigenvalue weighted by molar-refractivity contribution is -0.137. The third-order valence-corrected chi connectivity index (χ3v) is 8.10. The molecule has 0 spiro atoms. The van der Waals surface area contributed by atoms with Crippen molar-refractivity contribution in [2.75, 3.05) is 30.9 Å². The highest BCUT2D eigenvalue weighted by Crippen LogP contribution is 2.34. The molecule has 1 aliphatic heterocycles. The molecule has 38 heavy (non-hydrogen) atoms. The summed E-state index contributed by atoms with van der Waals surface area (Å²) in [7, 11) is -2.18. The van der Waals surface area contributed by atoms with Crippen LogP contribution in [0.2, 0.25) is 0 Å². The van der Waals surface area contributed by atoms with Gasteiger partial charge in [0, 0.05) is 32.3 Å². The van der Waals surface area contributed by atoms with E-state index < -0.39 is 21.9 Å². The number of hydrogen-bond acceptors (Lipinski definition) is 8. The van der Waals surface area contributed by atoms with E-state index >= 15 is 0 Å². The van der Waals surface area contributed by atoms with Gasteiger partial charge in [-0.2, -0.15) is 4.31 Å². The van der Waals surface area contributed by atoms with Crippen molar-refractivity contribution in [3.63, 3.8) is 0 Å². The van der Waals surface area contributed by atoms with Gasteiger partial charge in [-0.3, -0.25) is 9.80 Å². The van der Waals surface area contributed by atoms with Gasteiger partial charge in [-0.25, -0.2) is 19.2 Å². The van der Waals surface area contributed by atoms with Crippen molar-refractivity contribution in [2.24, 2.45) is 5.84 Å². The number of hydrogen-bond donors (Lipinski definition) is 3. The maximum atomic E-state index is 13.4. The van der Waals surface area contributed by atoms with Crippen LogP contribution in [0, 0.1) is 6.92 Å². The second-order valence-electron chi connectivity index (χ2n) is 8.76. The van der Waals surface area contributed by atoms with E-state index in [0.717, 1.165) is 16.7 Å². The van der Waals surface area contributed by atoms with E-state index in [9.17, 15) is 18.3 Å². The lowest BCUT2D eigenvalue weighted by Gasteiger charge is -2.23. The number of aliphatic carboxylic acids is 1. The maximum absolute atomic E-state index is 13.4. The zero-order valence-electron chi connectivity index (χ0n) is 22.1. The van der Waals surface area contributed by atoms with E-state index in [2.05, 4.69) is 4.98 Å². The van der Waals surface area contributed by atoms with Crippen LogP contribution in [0.4, 0.5) is 11.5 Å². The Balaban J connectivity index is 0.00000195. The molecule has 5 N–H and O–H groups in total.